The molecule has 0 aliphatic carbocycles. The number of carbonyl (C=O) groups excluding carboxylic acids is 1. The van der Waals surface area contributed by atoms with E-state index >= 15 is 0 Å². The second kappa shape index (κ2) is 7.87. The van der Waals surface area contributed by atoms with Crippen molar-refractivity contribution in [2.75, 3.05) is 5.75 Å². The second-order valence-electron chi connectivity index (χ2n) is 7.10. The normalized spacial score (nSPS) is 16.5. The minimum atomic E-state index is -3.95. The van der Waals surface area contributed by atoms with Gasteiger partial charge in [0.2, 0.25) is 0 Å². The summed E-state index contributed by atoms with van der Waals surface area (Å²) in [6.07, 6.45) is 1.90. The number of hydrazone groups is 1. The molecule has 6 nitrogen and oxygen atoms in total. The number of hydrogen-bond acceptors (Lipinski definition) is 5. The second-order valence-corrected chi connectivity index (χ2v) is 9.09. The van der Waals surface area contributed by atoms with E-state index in [1.807, 2.05) is 31.2 Å². The molecule has 0 saturated heterocycles. The van der Waals surface area contributed by atoms with Gasteiger partial charge in [-0.05, 0) is 48.9 Å². The van der Waals surface area contributed by atoms with Crippen molar-refractivity contribution >= 4 is 21.5 Å². The molecule has 1 atom stereocenters. The SMILES string of the molecule is Cc1ccc(C2=NN(C(=O)CS(=O)(=O)c3ccc(F)cc3)C(c3ccco3)C2)cc1. The van der Waals surface area contributed by atoms with E-state index in [9.17, 15) is 17.6 Å². The fraction of sp³-hybridized carbons (Fsp3) is 0.182. The third-order valence-electron chi connectivity index (χ3n) is 4.91. The molecule has 1 aliphatic heterocycles. The van der Waals surface area contributed by atoms with Crippen LogP contribution in [0.25, 0.3) is 0 Å². The fourth-order valence-electron chi connectivity index (χ4n) is 3.32. The lowest BCUT2D eigenvalue weighted by molar-refractivity contribution is -0.130. The number of furan rings is 1. The maximum atomic E-state index is 13.1. The largest absolute Gasteiger partial charge is 0.467 e. The van der Waals surface area contributed by atoms with Gasteiger partial charge in [0.25, 0.3) is 5.91 Å². The fourth-order valence-corrected chi connectivity index (χ4v) is 4.49. The predicted molar refractivity (Wildman–Crippen MR) is 109 cm³/mol. The van der Waals surface area contributed by atoms with Crippen LogP contribution in [0.15, 0.2) is 81.3 Å². The molecule has 8 heteroatoms. The summed E-state index contributed by atoms with van der Waals surface area (Å²) in [4.78, 5) is 12.8. The van der Waals surface area contributed by atoms with Crippen molar-refractivity contribution in [3.05, 3.63) is 89.6 Å². The van der Waals surface area contributed by atoms with Gasteiger partial charge in [-0.15, -0.1) is 0 Å². The average Bonchev–Trinajstić information content (AvgIpc) is 3.38. The van der Waals surface area contributed by atoms with Crippen LogP contribution < -0.4 is 0 Å². The van der Waals surface area contributed by atoms with Crippen molar-refractivity contribution in [2.24, 2.45) is 5.10 Å². The quantitative estimate of drug-likeness (QED) is 0.580. The summed E-state index contributed by atoms with van der Waals surface area (Å²) in [6, 6.07) is 15.0. The molecule has 0 bridgehead atoms. The number of hydrogen-bond donors (Lipinski definition) is 0. The van der Waals surface area contributed by atoms with Crippen LogP contribution in [0, 0.1) is 12.7 Å². The number of aryl methyl sites for hydroxylation is 1. The number of nitrogens with zero attached hydrogens (tertiary/aromatic N) is 2. The number of rotatable bonds is 5. The number of sulfone groups is 1. The maximum absolute atomic E-state index is 13.1. The van der Waals surface area contributed by atoms with Crippen LogP contribution in [-0.2, 0) is 14.6 Å². The molecule has 0 spiro atoms. The molecule has 0 N–H and O–H groups in total. The lowest BCUT2D eigenvalue weighted by Gasteiger charge is -2.19. The van der Waals surface area contributed by atoms with Gasteiger partial charge in [-0.2, -0.15) is 5.10 Å². The van der Waals surface area contributed by atoms with Gasteiger partial charge in [0, 0.05) is 6.42 Å². The Bertz CT molecular complexity index is 1180. The Morgan fingerprint density at radius 1 is 1.13 bits per heavy atom. The molecule has 0 radical (unpaired) electrons. The van der Waals surface area contributed by atoms with Crippen LogP contribution in [0.3, 0.4) is 0 Å². The van der Waals surface area contributed by atoms with Crippen LogP contribution >= 0.6 is 0 Å². The minimum absolute atomic E-state index is 0.117. The molecule has 154 valence electrons. The molecule has 2 heterocycles. The van der Waals surface area contributed by atoms with Crippen LogP contribution in [0.1, 0.15) is 29.3 Å². The Kier molecular flexibility index (Phi) is 5.26. The molecule has 1 aliphatic rings. The number of carbonyl (C=O) groups is 1. The van der Waals surface area contributed by atoms with Gasteiger partial charge in [0.1, 0.15) is 23.4 Å². The van der Waals surface area contributed by atoms with Gasteiger partial charge in [-0.25, -0.2) is 17.8 Å². The molecule has 3 aromatic rings. The first-order chi connectivity index (χ1) is 14.3. The van der Waals surface area contributed by atoms with Gasteiger partial charge in [0.05, 0.1) is 16.9 Å². The summed E-state index contributed by atoms with van der Waals surface area (Å²) in [7, 11) is -3.95. The van der Waals surface area contributed by atoms with E-state index in [1.165, 1.54) is 11.3 Å². The van der Waals surface area contributed by atoms with E-state index < -0.39 is 33.4 Å². The van der Waals surface area contributed by atoms with E-state index in [0.29, 0.717) is 17.9 Å². The van der Waals surface area contributed by atoms with Crippen molar-refractivity contribution in [3.63, 3.8) is 0 Å². The van der Waals surface area contributed by atoms with Crippen molar-refractivity contribution in [1.82, 2.24) is 5.01 Å². The summed E-state index contributed by atoms with van der Waals surface area (Å²) in [5, 5.41) is 5.61. The average molecular weight is 426 g/mol. The lowest BCUT2D eigenvalue weighted by atomic mass is 10.0. The van der Waals surface area contributed by atoms with Crippen LogP contribution in [0.2, 0.25) is 0 Å². The van der Waals surface area contributed by atoms with Crippen LogP contribution in [-0.4, -0.2) is 30.8 Å². The van der Waals surface area contributed by atoms with Gasteiger partial charge in [-0.1, -0.05) is 29.8 Å². The van der Waals surface area contributed by atoms with Crippen LogP contribution in [0.4, 0.5) is 4.39 Å². The van der Waals surface area contributed by atoms with Crippen molar-refractivity contribution < 1.29 is 22.0 Å². The summed E-state index contributed by atoms with van der Waals surface area (Å²) in [6.45, 7) is 1.97. The zero-order valence-corrected chi connectivity index (χ0v) is 17.0. The molecule has 1 unspecified atom stereocenters. The Balaban J connectivity index is 1.63. The molecule has 0 saturated carbocycles. The molecule has 4 rings (SSSR count). The Morgan fingerprint density at radius 3 is 2.47 bits per heavy atom. The van der Waals surface area contributed by atoms with E-state index in [4.69, 9.17) is 4.42 Å². The highest BCUT2D eigenvalue weighted by Crippen LogP contribution is 2.33. The van der Waals surface area contributed by atoms with Gasteiger partial charge >= 0.3 is 0 Å². The molecular formula is C22H19FN2O4S. The summed E-state index contributed by atoms with van der Waals surface area (Å²) >= 11 is 0. The van der Waals surface area contributed by atoms with Crippen LogP contribution in [0.5, 0.6) is 0 Å². The predicted octanol–water partition coefficient (Wildman–Crippen LogP) is 3.88. The van der Waals surface area contributed by atoms with Crippen molar-refractivity contribution in [2.45, 2.75) is 24.3 Å². The zero-order valence-electron chi connectivity index (χ0n) is 16.2. The van der Waals surface area contributed by atoms with Gasteiger partial charge in [-0.3, -0.25) is 4.79 Å². The molecule has 1 amide bonds. The van der Waals surface area contributed by atoms with Gasteiger partial charge < -0.3 is 4.42 Å². The topological polar surface area (TPSA) is 80.0 Å². The summed E-state index contributed by atoms with van der Waals surface area (Å²) < 4.78 is 43.9. The van der Waals surface area contributed by atoms with Gasteiger partial charge in [0.15, 0.2) is 9.84 Å². The van der Waals surface area contributed by atoms with Crippen molar-refractivity contribution in [1.29, 1.82) is 0 Å². The molecule has 2 aromatic carbocycles. The monoisotopic (exact) mass is 426 g/mol. The van der Waals surface area contributed by atoms with E-state index in [0.717, 1.165) is 35.4 Å². The molecule has 1 aromatic heterocycles. The third-order valence-corrected chi connectivity index (χ3v) is 6.53. The number of halogens is 1. The summed E-state index contributed by atoms with van der Waals surface area (Å²) in [5.41, 5.74) is 2.62. The Labute approximate surface area is 173 Å². The van der Waals surface area contributed by atoms with Crippen molar-refractivity contribution in [3.8, 4) is 0 Å². The molecule has 30 heavy (non-hydrogen) atoms. The standard InChI is InChI=1S/C22H19FN2O4S/c1-15-4-6-16(7-5-15)19-13-20(21-3-2-12-29-21)25(24-19)22(26)14-30(27,28)18-10-8-17(23)9-11-18/h2-12,20H,13-14H2,1H3. The van der Waals surface area contributed by atoms with E-state index in [1.54, 1.807) is 12.1 Å². The maximum Gasteiger partial charge on any atom is 0.258 e. The first kappa shape index (κ1) is 20.0. The zero-order chi connectivity index (χ0) is 21.3. The molecule has 0 fully saturated rings. The Hall–Kier alpha value is -3.26. The molecular weight excluding hydrogens is 407 g/mol. The summed E-state index contributed by atoms with van der Waals surface area (Å²) in [5.74, 6) is -1.48. The highest BCUT2D eigenvalue weighted by Gasteiger charge is 2.36. The third kappa shape index (κ3) is 4.04. The van der Waals surface area contributed by atoms with E-state index in [2.05, 4.69) is 5.10 Å². The van der Waals surface area contributed by atoms with E-state index in [-0.39, 0.29) is 4.90 Å². The number of amides is 1. The highest BCUT2D eigenvalue weighted by molar-refractivity contribution is 7.92. The highest BCUT2D eigenvalue weighted by atomic mass is 32.2. The lowest BCUT2D eigenvalue weighted by Crippen LogP contribution is -2.32. The first-order valence-corrected chi connectivity index (χ1v) is 11.0. The minimum Gasteiger partial charge on any atom is -0.467 e. The first-order valence-electron chi connectivity index (χ1n) is 9.32. The number of benzene rings is 2. The smallest absolute Gasteiger partial charge is 0.258 e. The Morgan fingerprint density at radius 2 is 1.83 bits per heavy atom.